The summed E-state index contributed by atoms with van der Waals surface area (Å²) in [5.74, 6) is -0.632. The number of hydrogen-bond acceptors (Lipinski definition) is 4. The van der Waals surface area contributed by atoms with Crippen LogP contribution in [0.3, 0.4) is 0 Å². The Balaban J connectivity index is 2.11. The van der Waals surface area contributed by atoms with Crippen molar-refractivity contribution in [2.75, 3.05) is 7.11 Å². The molecule has 1 heterocycles. The molecule has 0 bridgehead atoms. The van der Waals surface area contributed by atoms with E-state index < -0.39 is 11.8 Å². The molecule has 0 unspecified atom stereocenters. The topological polar surface area (TPSA) is 64.3 Å². The number of aliphatic hydroxyl groups excluding tert-OH is 1. The molecule has 0 radical (unpaired) electrons. The van der Waals surface area contributed by atoms with Crippen molar-refractivity contribution in [2.45, 2.75) is 13.2 Å². The average molecular weight is 314 g/mol. The van der Waals surface area contributed by atoms with Crippen LogP contribution in [0, 0.1) is 5.82 Å². The number of hydrogen-bond donors (Lipinski definition) is 1. The van der Waals surface area contributed by atoms with Gasteiger partial charge in [-0.05, 0) is 29.8 Å². The van der Waals surface area contributed by atoms with Crippen LogP contribution in [-0.4, -0.2) is 27.7 Å². The smallest absolute Gasteiger partial charge is 0.338 e. The van der Waals surface area contributed by atoms with Crippen molar-refractivity contribution in [3.8, 4) is 0 Å². The molecule has 0 atom stereocenters. The van der Waals surface area contributed by atoms with Crippen LogP contribution in [0.1, 0.15) is 21.7 Å². The zero-order valence-electron chi connectivity index (χ0n) is 12.5. The lowest BCUT2D eigenvalue weighted by atomic mass is 10.1. The van der Waals surface area contributed by atoms with Crippen LogP contribution in [0.15, 0.2) is 42.5 Å². The summed E-state index contributed by atoms with van der Waals surface area (Å²) in [6, 6.07) is 11.4. The van der Waals surface area contributed by atoms with Gasteiger partial charge in [-0.3, -0.25) is 0 Å². The maximum atomic E-state index is 13.5. The third kappa shape index (κ3) is 2.80. The lowest BCUT2D eigenvalue weighted by Crippen LogP contribution is -2.11. The zero-order chi connectivity index (χ0) is 16.4. The lowest BCUT2D eigenvalue weighted by Gasteiger charge is -2.12. The van der Waals surface area contributed by atoms with Gasteiger partial charge in [-0.1, -0.05) is 18.2 Å². The van der Waals surface area contributed by atoms with Crippen molar-refractivity contribution in [3.63, 3.8) is 0 Å². The highest BCUT2D eigenvalue weighted by Gasteiger charge is 2.16. The number of methoxy groups -OCH3 is 1. The summed E-state index contributed by atoms with van der Waals surface area (Å²) < 4.78 is 20.0. The Morgan fingerprint density at radius 2 is 2.09 bits per heavy atom. The van der Waals surface area contributed by atoms with Crippen molar-refractivity contribution in [1.82, 2.24) is 9.55 Å². The number of halogens is 1. The Morgan fingerprint density at radius 3 is 2.83 bits per heavy atom. The van der Waals surface area contributed by atoms with Crippen LogP contribution in [0.4, 0.5) is 4.39 Å². The summed E-state index contributed by atoms with van der Waals surface area (Å²) in [6.07, 6.45) is 0. The Labute approximate surface area is 132 Å². The fourth-order valence-electron chi connectivity index (χ4n) is 2.58. The van der Waals surface area contributed by atoms with Crippen LogP contribution in [0.25, 0.3) is 11.0 Å². The molecule has 118 valence electrons. The molecule has 23 heavy (non-hydrogen) atoms. The van der Waals surface area contributed by atoms with Crippen LogP contribution in [0.5, 0.6) is 0 Å². The summed E-state index contributed by atoms with van der Waals surface area (Å²) in [5, 5.41) is 9.53. The van der Waals surface area contributed by atoms with Crippen molar-refractivity contribution < 1.29 is 19.0 Å². The normalized spacial score (nSPS) is 10.9. The number of esters is 1. The third-order valence-corrected chi connectivity index (χ3v) is 3.68. The van der Waals surface area contributed by atoms with Gasteiger partial charge < -0.3 is 14.4 Å². The lowest BCUT2D eigenvalue weighted by molar-refractivity contribution is 0.0598. The molecule has 0 saturated heterocycles. The molecule has 1 aromatic heterocycles. The molecule has 5 nitrogen and oxygen atoms in total. The fourth-order valence-corrected chi connectivity index (χ4v) is 2.58. The molecule has 0 aliphatic rings. The minimum Gasteiger partial charge on any atom is -0.465 e. The van der Waals surface area contributed by atoms with E-state index in [0.29, 0.717) is 11.4 Å². The molecule has 0 saturated carbocycles. The number of benzene rings is 2. The summed E-state index contributed by atoms with van der Waals surface area (Å²) in [5.41, 5.74) is 2.33. The van der Waals surface area contributed by atoms with Gasteiger partial charge in [0.2, 0.25) is 0 Å². The molecule has 6 heteroatoms. The Kier molecular flexibility index (Phi) is 4.08. The molecule has 1 N–H and O–H groups in total. The second-order valence-corrected chi connectivity index (χ2v) is 5.05. The SMILES string of the molecule is COC(=O)c1cc(F)ccc1Cn1c(CO)nc2ccccc21. The van der Waals surface area contributed by atoms with Gasteiger partial charge in [0.1, 0.15) is 18.2 Å². The number of aliphatic hydroxyl groups is 1. The maximum Gasteiger partial charge on any atom is 0.338 e. The summed E-state index contributed by atoms with van der Waals surface area (Å²) >= 11 is 0. The molecule has 3 rings (SSSR count). The van der Waals surface area contributed by atoms with E-state index in [-0.39, 0.29) is 18.7 Å². The van der Waals surface area contributed by atoms with Crippen LogP contribution in [0.2, 0.25) is 0 Å². The molecular formula is C17H15FN2O3. The number of rotatable bonds is 4. The number of carbonyl (C=O) groups excluding carboxylic acids is 1. The predicted molar refractivity (Wildman–Crippen MR) is 82.5 cm³/mol. The standard InChI is InChI=1S/C17H15FN2O3/c1-23-17(22)13-8-12(18)7-6-11(13)9-20-15-5-3-2-4-14(15)19-16(20)10-21/h2-8,21H,9-10H2,1H3. The zero-order valence-corrected chi connectivity index (χ0v) is 12.5. The van der Waals surface area contributed by atoms with E-state index in [2.05, 4.69) is 4.98 Å². The third-order valence-electron chi connectivity index (χ3n) is 3.68. The van der Waals surface area contributed by atoms with Crippen LogP contribution >= 0.6 is 0 Å². The largest absolute Gasteiger partial charge is 0.465 e. The van der Waals surface area contributed by atoms with Gasteiger partial charge in [0, 0.05) is 0 Å². The maximum absolute atomic E-state index is 13.5. The highest BCUT2D eigenvalue weighted by molar-refractivity contribution is 5.91. The Hall–Kier alpha value is -2.73. The number of para-hydroxylation sites is 2. The first-order valence-corrected chi connectivity index (χ1v) is 7.05. The van der Waals surface area contributed by atoms with Gasteiger partial charge in [0.05, 0.1) is 30.3 Å². The molecule has 2 aromatic carbocycles. The van der Waals surface area contributed by atoms with Crippen LogP contribution in [-0.2, 0) is 17.9 Å². The first-order chi connectivity index (χ1) is 11.1. The number of nitrogens with zero attached hydrogens (tertiary/aromatic N) is 2. The summed E-state index contributed by atoms with van der Waals surface area (Å²) in [7, 11) is 1.25. The number of ether oxygens (including phenoxy) is 1. The molecular weight excluding hydrogens is 299 g/mol. The number of aromatic nitrogens is 2. The molecule has 0 amide bonds. The van der Waals surface area contributed by atoms with Gasteiger partial charge in [-0.2, -0.15) is 0 Å². The first kappa shape index (κ1) is 15.2. The summed E-state index contributed by atoms with van der Waals surface area (Å²) in [6.45, 7) is 0.0462. The van der Waals surface area contributed by atoms with E-state index in [1.807, 2.05) is 24.3 Å². The van der Waals surface area contributed by atoms with Crippen molar-refractivity contribution >= 4 is 17.0 Å². The van der Waals surface area contributed by atoms with Gasteiger partial charge in [0.15, 0.2) is 0 Å². The minimum absolute atomic E-state index is 0.161. The number of imidazole rings is 1. The van der Waals surface area contributed by atoms with Gasteiger partial charge in [-0.25, -0.2) is 14.2 Å². The second kappa shape index (κ2) is 6.18. The monoisotopic (exact) mass is 314 g/mol. The minimum atomic E-state index is -0.602. The Morgan fingerprint density at radius 1 is 1.30 bits per heavy atom. The number of carbonyl (C=O) groups is 1. The van der Waals surface area contributed by atoms with E-state index in [4.69, 9.17) is 4.74 Å². The number of fused-ring (bicyclic) bond motifs is 1. The van der Waals surface area contributed by atoms with E-state index >= 15 is 0 Å². The van der Waals surface area contributed by atoms with Crippen molar-refractivity contribution in [2.24, 2.45) is 0 Å². The van der Waals surface area contributed by atoms with Crippen LogP contribution < -0.4 is 0 Å². The molecule has 0 aliphatic heterocycles. The predicted octanol–water partition coefficient (Wildman–Crippen LogP) is 2.50. The van der Waals surface area contributed by atoms with Gasteiger partial charge >= 0.3 is 5.97 Å². The molecule has 0 aliphatic carbocycles. The van der Waals surface area contributed by atoms with E-state index in [1.54, 1.807) is 4.57 Å². The van der Waals surface area contributed by atoms with E-state index in [0.717, 1.165) is 17.1 Å². The molecule has 0 spiro atoms. The fraction of sp³-hybridized carbons (Fsp3) is 0.176. The van der Waals surface area contributed by atoms with Gasteiger partial charge in [0.25, 0.3) is 0 Å². The van der Waals surface area contributed by atoms with Gasteiger partial charge in [-0.15, -0.1) is 0 Å². The average Bonchev–Trinajstić information content (AvgIpc) is 2.93. The highest BCUT2D eigenvalue weighted by atomic mass is 19.1. The summed E-state index contributed by atoms with van der Waals surface area (Å²) in [4.78, 5) is 16.2. The van der Waals surface area contributed by atoms with E-state index in [1.165, 1.54) is 19.2 Å². The first-order valence-electron chi connectivity index (χ1n) is 7.05. The Bertz CT molecular complexity index is 873. The molecule has 3 aromatic rings. The van der Waals surface area contributed by atoms with Crippen molar-refractivity contribution in [3.05, 3.63) is 65.2 Å². The molecule has 0 fully saturated rings. The highest BCUT2D eigenvalue weighted by Crippen LogP contribution is 2.20. The quantitative estimate of drug-likeness (QED) is 0.752. The second-order valence-electron chi connectivity index (χ2n) is 5.05. The van der Waals surface area contributed by atoms with Crippen molar-refractivity contribution in [1.29, 1.82) is 0 Å². The van der Waals surface area contributed by atoms with E-state index in [9.17, 15) is 14.3 Å².